The van der Waals surface area contributed by atoms with E-state index in [0.717, 1.165) is 23.2 Å². The van der Waals surface area contributed by atoms with Crippen molar-refractivity contribution in [2.24, 2.45) is 0 Å². The van der Waals surface area contributed by atoms with E-state index in [2.05, 4.69) is 10.2 Å². The minimum Gasteiger partial charge on any atom is -0.478 e. The number of carbonyl (C=O) groups is 1. The third-order valence-corrected chi connectivity index (χ3v) is 5.14. The number of nitrogens with zero attached hydrogens (tertiary/aromatic N) is 4. The van der Waals surface area contributed by atoms with Gasteiger partial charge in [0.25, 0.3) is 5.56 Å². The van der Waals surface area contributed by atoms with E-state index < -0.39 is 5.97 Å². The summed E-state index contributed by atoms with van der Waals surface area (Å²) in [5.41, 5.74) is 10.1. The number of aromatic nitrogens is 4. The van der Waals surface area contributed by atoms with Gasteiger partial charge in [0, 0.05) is 43.1 Å². The Morgan fingerprint density at radius 3 is 2.45 bits per heavy atom. The van der Waals surface area contributed by atoms with Crippen molar-refractivity contribution in [3.63, 3.8) is 0 Å². The van der Waals surface area contributed by atoms with Gasteiger partial charge in [-0.3, -0.25) is 4.79 Å². The minimum atomic E-state index is -1.01. The van der Waals surface area contributed by atoms with E-state index in [4.69, 9.17) is 5.73 Å². The first-order valence-corrected chi connectivity index (χ1v) is 10.2. The van der Waals surface area contributed by atoms with Crippen molar-refractivity contribution in [1.29, 1.82) is 0 Å². The fourth-order valence-corrected chi connectivity index (χ4v) is 3.56. The van der Waals surface area contributed by atoms with Crippen LogP contribution in [-0.2, 0) is 19.5 Å². The minimum absolute atomic E-state index is 0. The first kappa shape index (κ1) is 24.0. The molecule has 0 fully saturated rings. The number of aryl methyl sites for hydroxylation is 3. The second-order valence-electron chi connectivity index (χ2n) is 7.60. The van der Waals surface area contributed by atoms with Crippen molar-refractivity contribution in [2.75, 3.05) is 5.73 Å². The van der Waals surface area contributed by atoms with Crippen LogP contribution < -0.4 is 11.3 Å². The third-order valence-electron chi connectivity index (χ3n) is 5.14. The Bertz CT molecular complexity index is 1350. The van der Waals surface area contributed by atoms with Crippen LogP contribution in [0.4, 0.5) is 5.82 Å². The second kappa shape index (κ2) is 10.3. The van der Waals surface area contributed by atoms with Crippen LogP contribution in [0.5, 0.6) is 0 Å². The average Bonchev–Trinajstić information content (AvgIpc) is 3.11. The van der Waals surface area contributed by atoms with E-state index in [1.54, 1.807) is 28.9 Å². The number of aromatic carboxylic acids is 1. The number of rotatable bonds is 7. The van der Waals surface area contributed by atoms with Crippen molar-refractivity contribution < 1.29 is 9.90 Å². The maximum Gasteiger partial charge on any atom is 0.335 e. The SMILES string of the molecule is Cc1cc(N)n(CCc2cccc(-c3ccc(=O)n(Cc4cccc(C(=O)O)c4)n3)c2)n1.[Li]. The molecule has 8 nitrogen and oxygen atoms in total. The summed E-state index contributed by atoms with van der Waals surface area (Å²) in [5.74, 6) is -0.371. The molecule has 9 heteroatoms. The Kier molecular flexibility index (Phi) is 7.54. The molecular formula is C24H23LiN5O3. The Labute approximate surface area is 202 Å². The first-order chi connectivity index (χ1) is 15.4. The van der Waals surface area contributed by atoms with Crippen LogP contribution in [0.25, 0.3) is 11.3 Å². The fourth-order valence-electron chi connectivity index (χ4n) is 3.56. The quantitative estimate of drug-likeness (QED) is 0.430. The summed E-state index contributed by atoms with van der Waals surface area (Å²) in [6, 6.07) is 19.5. The molecule has 0 atom stereocenters. The molecule has 0 aliphatic carbocycles. The van der Waals surface area contributed by atoms with E-state index >= 15 is 0 Å². The number of hydrogen-bond donors (Lipinski definition) is 2. The van der Waals surface area contributed by atoms with E-state index in [1.165, 1.54) is 16.8 Å². The number of nitrogens with two attached hydrogens (primary N) is 1. The Balaban J connectivity index is 0.00000306. The fraction of sp³-hybridized carbons (Fsp3) is 0.167. The van der Waals surface area contributed by atoms with Crippen LogP contribution in [-0.4, -0.2) is 49.5 Å². The Morgan fingerprint density at radius 2 is 1.73 bits per heavy atom. The van der Waals surface area contributed by atoms with Crippen molar-refractivity contribution >= 4 is 30.6 Å². The second-order valence-corrected chi connectivity index (χ2v) is 7.60. The zero-order valence-corrected chi connectivity index (χ0v) is 18.6. The molecule has 163 valence electrons. The molecule has 0 aliphatic heterocycles. The van der Waals surface area contributed by atoms with Crippen LogP contribution in [0, 0.1) is 6.92 Å². The predicted molar refractivity (Wildman–Crippen MR) is 127 cm³/mol. The zero-order valence-electron chi connectivity index (χ0n) is 18.6. The molecule has 33 heavy (non-hydrogen) atoms. The molecule has 0 amide bonds. The van der Waals surface area contributed by atoms with E-state index in [0.29, 0.717) is 23.6 Å². The van der Waals surface area contributed by atoms with Crippen molar-refractivity contribution in [1.82, 2.24) is 19.6 Å². The predicted octanol–water partition coefficient (Wildman–Crippen LogP) is 2.61. The molecule has 0 saturated carbocycles. The molecule has 2 aromatic heterocycles. The van der Waals surface area contributed by atoms with Gasteiger partial charge in [-0.25, -0.2) is 14.2 Å². The molecule has 2 heterocycles. The van der Waals surface area contributed by atoms with Gasteiger partial charge in [0.1, 0.15) is 5.82 Å². The normalized spacial score (nSPS) is 10.6. The van der Waals surface area contributed by atoms with Crippen LogP contribution in [0.2, 0.25) is 0 Å². The van der Waals surface area contributed by atoms with Crippen LogP contribution in [0.15, 0.2) is 71.5 Å². The molecule has 0 saturated heterocycles. The largest absolute Gasteiger partial charge is 0.478 e. The maximum atomic E-state index is 12.3. The molecule has 0 spiro atoms. The molecule has 2 aromatic carbocycles. The third kappa shape index (κ3) is 5.80. The van der Waals surface area contributed by atoms with E-state index in [9.17, 15) is 14.7 Å². The molecule has 3 N–H and O–H groups in total. The molecule has 1 radical (unpaired) electrons. The van der Waals surface area contributed by atoms with Gasteiger partial charge in [0.15, 0.2) is 0 Å². The first-order valence-electron chi connectivity index (χ1n) is 10.2. The van der Waals surface area contributed by atoms with Crippen molar-refractivity contribution in [2.45, 2.75) is 26.4 Å². The van der Waals surface area contributed by atoms with E-state index in [-0.39, 0.29) is 36.5 Å². The van der Waals surface area contributed by atoms with Gasteiger partial charge < -0.3 is 10.8 Å². The molecular weight excluding hydrogens is 413 g/mol. The molecule has 4 aromatic rings. The number of carboxylic acids is 1. The number of benzene rings is 2. The molecule has 0 aliphatic rings. The smallest absolute Gasteiger partial charge is 0.335 e. The van der Waals surface area contributed by atoms with Gasteiger partial charge in [0.2, 0.25) is 0 Å². The van der Waals surface area contributed by atoms with Crippen LogP contribution in [0.3, 0.4) is 0 Å². The number of carboxylic acid groups (broad SMARTS) is 1. The summed E-state index contributed by atoms with van der Waals surface area (Å²) in [6.45, 7) is 2.76. The van der Waals surface area contributed by atoms with Gasteiger partial charge in [-0.05, 0) is 48.7 Å². The van der Waals surface area contributed by atoms with Crippen LogP contribution >= 0.6 is 0 Å². The standard InChI is InChI=1S/C24H23N5O3.Li/c1-16-12-22(25)28(26-16)11-10-17-4-2-6-19(13-17)21-8-9-23(30)29(27-21)15-18-5-3-7-20(14-18)24(31)32;/h2-9,12-14H,10-11,15,25H2,1H3,(H,31,32);. The summed E-state index contributed by atoms with van der Waals surface area (Å²) in [5, 5.41) is 18.1. The maximum absolute atomic E-state index is 12.3. The topological polar surface area (TPSA) is 116 Å². The van der Waals surface area contributed by atoms with Gasteiger partial charge in [0.05, 0.1) is 23.5 Å². The zero-order chi connectivity index (χ0) is 22.7. The molecule has 4 rings (SSSR count). The monoisotopic (exact) mass is 436 g/mol. The Morgan fingerprint density at radius 1 is 0.970 bits per heavy atom. The van der Waals surface area contributed by atoms with Gasteiger partial charge >= 0.3 is 5.97 Å². The van der Waals surface area contributed by atoms with E-state index in [1.807, 2.05) is 37.3 Å². The van der Waals surface area contributed by atoms with Crippen LogP contribution in [0.1, 0.15) is 27.2 Å². The molecule has 0 bridgehead atoms. The summed E-state index contributed by atoms with van der Waals surface area (Å²) < 4.78 is 3.13. The van der Waals surface area contributed by atoms with Gasteiger partial charge in [-0.2, -0.15) is 10.2 Å². The summed E-state index contributed by atoms with van der Waals surface area (Å²) >= 11 is 0. The Hall–Kier alpha value is -3.60. The summed E-state index contributed by atoms with van der Waals surface area (Å²) in [7, 11) is 0. The van der Waals surface area contributed by atoms with Gasteiger partial charge in [-0.15, -0.1) is 0 Å². The van der Waals surface area contributed by atoms with Crippen molar-refractivity contribution in [3.8, 4) is 11.3 Å². The number of hydrogen-bond acceptors (Lipinski definition) is 5. The number of anilines is 1. The summed E-state index contributed by atoms with van der Waals surface area (Å²) in [4.78, 5) is 23.6. The summed E-state index contributed by atoms with van der Waals surface area (Å²) in [6.07, 6.45) is 0.751. The average molecular weight is 436 g/mol. The number of nitrogen functional groups attached to an aromatic ring is 1. The van der Waals surface area contributed by atoms with Gasteiger partial charge in [-0.1, -0.05) is 30.3 Å². The van der Waals surface area contributed by atoms with Crippen molar-refractivity contribution in [3.05, 3.63) is 99.5 Å². The molecule has 0 unspecified atom stereocenters.